The summed E-state index contributed by atoms with van der Waals surface area (Å²) in [6, 6.07) is 6.54. The van der Waals surface area contributed by atoms with Crippen molar-refractivity contribution in [3.05, 3.63) is 33.8 Å². The third kappa shape index (κ3) is 5.78. The molecule has 1 heterocycles. The van der Waals surface area contributed by atoms with Crippen LogP contribution in [0.2, 0.25) is 10.0 Å². The number of urea groups is 1. The van der Waals surface area contributed by atoms with E-state index in [4.69, 9.17) is 23.2 Å². The van der Waals surface area contributed by atoms with Gasteiger partial charge in [-0.2, -0.15) is 0 Å². The molecule has 0 aromatic heterocycles. The van der Waals surface area contributed by atoms with Gasteiger partial charge in [-0.15, -0.1) is 0 Å². The van der Waals surface area contributed by atoms with Crippen molar-refractivity contribution < 1.29 is 4.79 Å². The molecule has 2 aliphatic rings. The summed E-state index contributed by atoms with van der Waals surface area (Å²) in [4.78, 5) is 16.1. The Bertz CT molecular complexity index is 698. The number of rotatable bonds is 5. The van der Waals surface area contributed by atoms with Gasteiger partial charge in [-0.1, -0.05) is 42.3 Å². The Hall–Kier alpha value is -1.01. The van der Waals surface area contributed by atoms with Crippen molar-refractivity contribution in [1.29, 1.82) is 0 Å². The van der Waals surface area contributed by atoms with E-state index >= 15 is 0 Å². The summed E-state index contributed by atoms with van der Waals surface area (Å²) in [7, 11) is 3.57. The van der Waals surface area contributed by atoms with E-state index in [-0.39, 0.29) is 23.5 Å². The molecule has 1 saturated carbocycles. The Balaban J connectivity index is 1.72. The van der Waals surface area contributed by atoms with Crippen molar-refractivity contribution >= 4 is 29.2 Å². The van der Waals surface area contributed by atoms with E-state index in [0.29, 0.717) is 10.0 Å². The molecule has 0 bridgehead atoms. The van der Waals surface area contributed by atoms with Crippen molar-refractivity contribution in [2.75, 3.05) is 40.3 Å². The van der Waals surface area contributed by atoms with Crippen LogP contribution in [0.3, 0.4) is 0 Å². The molecule has 0 radical (unpaired) electrons. The van der Waals surface area contributed by atoms with Crippen LogP contribution >= 0.6 is 23.2 Å². The maximum atomic E-state index is 12.0. The van der Waals surface area contributed by atoms with Crippen LogP contribution in [0.1, 0.15) is 50.6 Å². The van der Waals surface area contributed by atoms with E-state index in [2.05, 4.69) is 28.5 Å². The van der Waals surface area contributed by atoms with Gasteiger partial charge < -0.3 is 15.5 Å². The lowest BCUT2D eigenvalue weighted by molar-refractivity contribution is 0.0880. The van der Waals surface area contributed by atoms with E-state index in [0.717, 1.165) is 63.8 Å². The first-order valence-corrected chi connectivity index (χ1v) is 11.4. The average molecular weight is 441 g/mol. The Labute approximate surface area is 185 Å². The highest BCUT2D eigenvalue weighted by Crippen LogP contribution is 2.46. The number of hydrogen-bond donors (Lipinski definition) is 2. The first-order valence-electron chi connectivity index (χ1n) is 10.7. The molecule has 1 aromatic carbocycles. The lowest BCUT2D eigenvalue weighted by Gasteiger charge is -2.44. The maximum absolute atomic E-state index is 12.0. The minimum absolute atomic E-state index is 0.00278. The molecule has 29 heavy (non-hydrogen) atoms. The lowest BCUT2D eigenvalue weighted by atomic mass is 9.69. The van der Waals surface area contributed by atoms with Gasteiger partial charge >= 0.3 is 6.03 Å². The molecule has 2 fully saturated rings. The highest BCUT2D eigenvalue weighted by Gasteiger charge is 2.37. The molecular formula is C22H34Cl2N4O. The number of nitrogens with one attached hydrogen (secondary N) is 2. The van der Waals surface area contributed by atoms with Gasteiger partial charge in [0.05, 0.1) is 10.0 Å². The van der Waals surface area contributed by atoms with Crippen molar-refractivity contribution in [1.82, 2.24) is 20.4 Å². The van der Waals surface area contributed by atoms with E-state index < -0.39 is 0 Å². The summed E-state index contributed by atoms with van der Waals surface area (Å²) < 4.78 is 0. The third-order valence-corrected chi connectivity index (χ3v) is 7.38. The zero-order valence-corrected chi connectivity index (χ0v) is 19.3. The van der Waals surface area contributed by atoms with Gasteiger partial charge in [0.15, 0.2) is 0 Å². The summed E-state index contributed by atoms with van der Waals surface area (Å²) in [5.41, 5.74) is 1.37. The second kappa shape index (κ2) is 9.86. The fourth-order valence-electron chi connectivity index (χ4n) is 4.64. The van der Waals surface area contributed by atoms with Gasteiger partial charge in [-0.3, -0.25) is 4.90 Å². The Morgan fingerprint density at radius 3 is 2.55 bits per heavy atom. The summed E-state index contributed by atoms with van der Waals surface area (Å²) in [5, 5.41) is 7.92. The zero-order chi connectivity index (χ0) is 21.0. The Morgan fingerprint density at radius 2 is 1.93 bits per heavy atom. The smallest absolute Gasteiger partial charge is 0.317 e. The quantitative estimate of drug-likeness (QED) is 0.705. The number of piperazine rings is 1. The van der Waals surface area contributed by atoms with Gasteiger partial charge in [0.2, 0.25) is 0 Å². The molecule has 5 nitrogen and oxygen atoms in total. The second-order valence-electron chi connectivity index (χ2n) is 9.08. The van der Waals surface area contributed by atoms with E-state index in [1.165, 1.54) is 0 Å². The maximum Gasteiger partial charge on any atom is 0.317 e. The van der Waals surface area contributed by atoms with Crippen LogP contribution in [0.5, 0.6) is 0 Å². The topological polar surface area (TPSA) is 47.6 Å². The van der Waals surface area contributed by atoms with Crippen molar-refractivity contribution in [3.8, 4) is 0 Å². The van der Waals surface area contributed by atoms with Crippen LogP contribution in [0.15, 0.2) is 18.2 Å². The van der Waals surface area contributed by atoms with Gasteiger partial charge in [0.1, 0.15) is 0 Å². The molecule has 2 N–H and O–H groups in total. The van der Waals surface area contributed by atoms with E-state index in [1.807, 2.05) is 12.1 Å². The number of nitrogens with zero attached hydrogens (tertiary/aromatic N) is 2. The first kappa shape index (κ1) is 22.7. The normalized spacial score (nSPS) is 26.7. The molecule has 1 atom stereocenters. The van der Waals surface area contributed by atoms with Crippen molar-refractivity contribution in [2.45, 2.75) is 51.1 Å². The van der Waals surface area contributed by atoms with Crippen LogP contribution in [0.4, 0.5) is 4.79 Å². The number of benzene rings is 1. The predicted molar refractivity (Wildman–Crippen MR) is 121 cm³/mol. The number of carbonyl (C=O) groups is 1. The summed E-state index contributed by atoms with van der Waals surface area (Å²) in [6.45, 7) is 6.44. The molecule has 162 valence electrons. The molecular weight excluding hydrogens is 407 g/mol. The standard InChI is InChI=1S/C22H34Cl2N4O/c1-22(9-7-16(8-10-22)26-21(29)27(2)3)15-19(28-13-11-25-12-14-28)17-5-4-6-18(23)20(17)24/h4-6,16,19,25H,7-15H2,1-3H3,(H,26,29). The monoisotopic (exact) mass is 440 g/mol. The lowest BCUT2D eigenvalue weighted by Crippen LogP contribution is -2.47. The minimum atomic E-state index is 0.00278. The summed E-state index contributed by atoms with van der Waals surface area (Å²) in [5.74, 6) is 0. The third-order valence-electron chi connectivity index (χ3n) is 6.55. The molecule has 0 spiro atoms. The van der Waals surface area contributed by atoms with Crippen LogP contribution in [0.25, 0.3) is 0 Å². The van der Waals surface area contributed by atoms with Crippen LogP contribution in [0, 0.1) is 5.41 Å². The summed E-state index contributed by atoms with van der Waals surface area (Å²) >= 11 is 13.0. The van der Waals surface area contributed by atoms with E-state index in [9.17, 15) is 4.79 Å². The highest BCUT2D eigenvalue weighted by molar-refractivity contribution is 6.42. The Morgan fingerprint density at radius 1 is 1.28 bits per heavy atom. The molecule has 1 saturated heterocycles. The van der Waals surface area contributed by atoms with Gasteiger partial charge in [-0.05, 0) is 49.1 Å². The molecule has 1 aliphatic carbocycles. The summed E-state index contributed by atoms with van der Waals surface area (Å²) in [6.07, 6.45) is 5.31. The fraction of sp³-hybridized carbons (Fsp3) is 0.682. The molecule has 1 aliphatic heterocycles. The SMILES string of the molecule is CN(C)C(=O)NC1CCC(C)(CC(c2cccc(Cl)c2Cl)N2CCNCC2)CC1. The van der Waals surface area contributed by atoms with Crippen LogP contribution in [-0.4, -0.2) is 62.1 Å². The van der Waals surface area contributed by atoms with Crippen LogP contribution < -0.4 is 10.6 Å². The van der Waals surface area contributed by atoms with E-state index in [1.54, 1.807) is 19.0 Å². The number of carbonyl (C=O) groups excluding carboxylic acids is 1. The largest absolute Gasteiger partial charge is 0.335 e. The molecule has 1 aromatic rings. The molecule has 3 rings (SSSR count). The second-order valence-corrected chi connectivity index (χ2v) is 9.86. The number of halogens is 2. The Kier molecular flexibility index (Phi) is 7.71. The number of amides is 2. The predicted octanol–water partition coefficient (Wildman–Crippen LogP) is 4.55. The molecule has 7 heteroatoms. The van der Waals surface area contributed by atoms with Crippen molar-refractivity contribution in [2.24, 2.45) is 5.41 Å². The molecule has 2 amide bonds. The van der Waals surface area contributed by atoms with Gasteiger partial charge in [-0.25, -0.2) is 4.79 Å². The van der Waals surface area contributed by atoms with Crippen molar-refractivity contribution in [3.63, 3.8) is 0 Å². The first-order chi connectivity index (χ1) is 13.8. The fourth-order valence-corrected chi connectivity index (χ4v) is 5.07. The molecule has 1 unspecified atom stereocenters. The number of hydrogen-bond acceptors (Lipinski definition) is 3. The average Bonchev–Trinajstić information content (AvgIpc) is 2.71. The minimum Gasteiger partial charge on any atom is -0.335 e. The highest BCUT2D eigenvalue weighted by atomic mass is 35.5. The van der Waals surface area contributed by atoms with Gasteiger partial charge in [0, 0.05) is 52.4 Å². The zero-order valence-electron chi connectivity index (χ0n) is 17.8. The van der Waals surface area contributed by atoms with Crippen LogP contribution in [-0.2, 0) is 0 Å². The van der Waals surface area contributed by atoms with Gasteiger partial charge in [0.25, 0.3) is 0 Å².